The van der Waals surface area contributed by atoms with E-state index in [1.807, 2.05) is 0 Å². The molecule has 1 aromatic carbocycles. The molecule has 0 amide bonds. The Bertz CT molecular complexity index is 475. The first-order valence-electron chi connectivity index (χ1n) is 5.00. The van der Waals surface area contributed by atoms with Gasteiger partial charge in [-0.25, -0.2) is 0 Å². The molecule has 1 rings (SSSR count). The number of hydrogen-bond donors (Lipinski definition) is 0. The molecule has 1 aromatic rings. The lowest BCUT2D eigenvalue weighted by atomic mass is 10.0. The SMILES string of the molecule is COC(=O)Cc1cc([N+](=O)[O-])c(OC)cc1CCl. The van der Waals surface area contributed by atoms with Gasteiger partial charge in [-0.3, -0.25) is 14.9 Å². The van der Waals surface area contributed by atoms with Crippen LogP contribution in [0.4, 0.5) is 5.69 Å². The van der Waals surface area contributed by atoms with Crippen molar-refractivity contribution >= 4 is 23.3 Å². The van der Waals surface area contributed by atoms with Crippen LogP contribution in [0.5, 0.6) is 5.75 Å². The summed E-state index contributed by atoms with van der Waals surface area (Å²) in [5.74, 6) is -0.245. The van der Waals surface area contributed by atoms with Crippen LogP contribution in [0.3, 0.4) is 0 Å². The summed E-state index contributed by atoms with van der Waals surface area (Å²) in [7, 11) is 2.58. The molecule has 0 heterocycles. The van der Waals surface area contributed by atoms with Gasteiger partial charge in [0.15, 0.2) is 5.75 Å². The normalized spacial score (nSPS) is 9.94. The van der Waals surface area contributed by atoms with Crippen LogP contribution in [-0.2, 0) is 21.8 Å². The van der Waals surface area contributed by atoms with Gasteiger partial charge in [0.2, 0.25) is 0 Å². The van der Waals surface area contributed by atoms with Crippen LogP contribution in [-0.4, -0.2) is 25.1 Å². The standard InChI is InChI=1S/C11H12ClNO5/c1-17-10-4-8(6-12)7(5-11(14)18-2)3-9(10)13(15)16/h3-4H,5-6H2,1-2H3. The summed E-state index contributed by atoms with van der Waals surface area (Å²) in [6.07, 6.45) is -0.0661. The van der Waals surface area contributed by atoms with Crippen LogP contribution in [0.15, 0.2) is 12.1 Å². The highest BCUT2D eigenvalue weighted by molar-refractivity contribution is 6.17. The molecule has 0 aliphatic carbocycles. The molecule has 0 bridgehead atoms. The predicted octanol–water partition coefficient (Wildman–Crippen LogP) is 2.06. The molecular formula is C11H12ClNO5. The summed E-state index contributed by atoms with van der Waals surface area (Å²) in [4.78, 5) is 21.5. The number of rotatable bonds is 5. The maximum absolute atomic E-state index is 11.2. The highest BCUT2D eigenvalue weighted by Crippen LogP contribution is 2.31. The summed E-state index contributed by atoms with van der Waals surface area (Å²) in [6.45, 7) is 0. The van der Waals surface area contributed by atoms with Crippen molar-refractivity contribution in [3.05, 3.63) is 33.4 Å². The van der Waals surface area contributed by atoms with E-state index in [0.29, 0.717) is 11.1 Å². The van der Waals surface area contributed by atoms with Crippen molar-refractivity contribution in [3.8, 4) is 5.75 Å². The van der Waals surface area contributed by atoms with Gasteiger partial charge < -0.3 is 9.47 Å². The molecule has 0 saturated heterocycles. The quantitative estimate of drug-likeness (QED) is 0.355. The van der Waals surface area contributed by atoms with Gasteiger partial charge in [0.1, 0.15) is 0 Å². The van der Waals surface area contributed by atoms with E-state index >= 15 is 0 Å². The molecule has 0 unspecified atom stereocenters. The zero-order valence-corrected chi connectivity index (χ0v) is 10.7. The molecule has 98 valence electrons. The highest BCUT2D eigenvalue weighted by Gasteiger charge is 2.20. The summed E-state index contributed by atoms with van der Waals surface area (Å²) in [5.41, 5.74) is 0.860. The number of hydrogen-bond acceptors (Lipinski definition) is 5. The first-order chi connectivity index (χ1) is 8.53. The number of benzene rings is 1. The number of carbonyl (C=O) groups is 1. The van der Waals surface area contributed by atoms with Gasteiger partial charge >= 0.3 is 11.7 Å². The number of ether oxygens (including phenoxy) is 2. The summed E-state index contributed by atoms with van der Waals surface area (Å²) >= 11 is 5.74. The minimum Gasteiger partial charge on any atom is -0.490 e. The van der Waals surface area contributed by atoms with E-state index in [9.17, 15) is 14.9 Å². The second-order valence-corrected chi connectivity index (χ2v) is 3.70. The fourth-order valence-corrected chi connectivity index (χ4v) is 1.73. The monoisotopic (exact) mass is 273 g/mol. The summed E-state index contributed by atoms with van der Waals surface area (Å²) in [5, 5.41) is 10.9. The highest BCUT2D eigenvalue weighted by atomic mass is 35.5. The van der Waals surface area contributed by atoms with Crippen LogP contribution in [0.2, 0.25) is 0 Å². The van der Waals surface area contributed by atoms with E-state index in [4.69, 9.17) is 16.3 Å². The average Bonchev–Trinajstić information content (AvgIpc) is 2.37. The third kappa shape index (κ3) is 3.10. The largest absolute Gasteiger partial charge is 0.490 e. The number of esters is 1. The maximum atomic E-state index is 11.2. The molecule has 0 fully saturated rings. The first kappa shape index (κ1) is 14.2. The van der Waals surface area contributed by atoms with Gasteiger partial charge in [-0.15, -0.1) is 11.6 Å². The third-order valence-corrected chi connectivity index (χ3v) is 2.69. The van der Waals surface area contributed by atoms with Gasteiger partial charge in [-0.2, -0.15) is 0 Å². The van der Waals surface area contributed by atoms with Crippen molar-refractivity contribution in [1.82, 2.24) is 0 Å². The predicted molar refractivity (Wildman–Crippen MR) is 64.9 cm³/mol. The lowest BCUT2D eigenvalue weighted by Crippen LogP contribution is -2.07. The van der Waals surface area contributed by atoms with Crippen LogP contribution in [0, 0.1) is 10.1 Å². The van der Waals surface area contributed by atoms with Crippen LogP contribution < -0.4 is 4.74 Å². The van der Waals surface area contributed by atoms with Crippen molar-refractivity contribution < 1.29 is 19.2 Å². The lowest BCUT2D eigenvalue weighted by molar-refractivity contribution is -0.385. The molecule has 0 radical (unpaired) electrons. The van der Waals surface area contributed by atoms with E-state index in [1.54, 1.807) is 0 Å². The molecule has 0 aromatic heterocycles. The molecule has 0 saturated carbocycles. The minimum absolute atomic E-state index is 0.0661. The molecule has 0 aliphatic heterocycles. The van der Waals surface area contributed by atoms with Crippen LogP contribution in [0.1, 0.15) is 11.1 Å². The smallest absolute Gasteiger partial charge is 0.311 e. The Kier molecular flexibility index (Phi) is 4.91. The van der Waals surface area contributed by atoms with Crippen molar-refractivity contribution in [3.63, 3.8) is 0 Å². The number of methoxy groups -OCH3 is 2. The number of carbonyl (C=O) groups excluding carboxylic acids is 1. The second kappa shape index (κ2) is 6.20. The van der Waals surface area contributed by atoms with Gasteiger partial charge in [0.25, 0.3) is 0 Å². The molecule has 0 N–H and O–H groups in total. The number of halogens is 1. The molecule has 0 aliphatic rings. The zero-order chi connectivity index (χ0) is 13.7. The van der Waals surface area contributed by atoms with Gasteiger partial charge in [-0.05, 0) is 17.2 Å². The van der Waals surface area contributed by atoms with E-state index < -0.39 is 10.9 Å². The molecule has 18 heavy (non-hydrogen) atoms. The van der Waals surface area contributed by atoms with Gasteiger partial charge in [0, 0.05) is 11.9 Å². The Labute approximate surface area is 109 Å². The molecular weight excluding hydrogens is 262 g/mol. The molecule has 6 nitrogen and oxygen atoms in total. The minimum atomic E-state index is -0.572. The fraction of sp³-hybridized carbons (Fsp3) is 0.364. The van der Waals surface area contributed by atoms with E-state index in [0.717, 1.165) is 0 Å². The number of alkyl halides is 1. The fourth-order valence-electron chi connectivity index (χ4n) is 1.48. The van der Waals surface area contributed by atoms with Gasteiger partial charge in [0.05, 0.1) is 25.6 Å². The van der Waals surface area contributed by atoms with Crippen molar-refractivity contribution in [2.75, 3.05) is 14.2 Å². The second-order valence-electron chi connectivity index (χ2n) is 3.44. The number of nitro groups is 1. The summed E-state index contributed by atoms with van der Waals surface area (Å²) in [6, 6.07) is 2.75. The van der Waals surface area contributed by atoms with Crippen molar-refractivity contribution in [2.24, 2.45) is 0 Å². The van der Waals surface area contributed by atoms with E-state index in [1.165, 1.54) is 26.4 Å². The number of nitrogens with zero attached hydrogens (tertiary/aromatic N) is 1. The third-order valence-electron chi connectivity index (χ3n) is 2.40. The zero-order valence-electron chi connectivity index (χ0n) is 9.94. The van der Waals surface area contributed by atoms with Crippen LogP contribution >= 0.6 is 11.6 Å². The summed E-state index contributed by atoms with van der Waals surface area (Å²) < 4.78 is 9.45. The van der Waals surface area contributed by atoms with Crippen LogP contribution in [0.25, 0.3) is 0 Å². The number of nitro benzene ring substituents is 1. The average molecular weight is 274 g/mol. The molecule has 0 spiro atoms. The van der Waals surface area contributed by atoms with E-state index in [-0.39, 0.29) is 23.7 Å². The van der Waals surface area contributed by atoms with Crippen molar-refractivity contribution in [2.45, 2.75) is 12.3 Å². The Balaban J connectivity index is 3.27. The maximum Gasteiger partial charge on any atom is 0.311 e. The Morgan fingerprint density at radius 2 is 2.06 bits per heavy atom. The Morgan fingerprint density at radius 1 is 1.39 bits per heavy atom. The molecule has 0 atom stereocenters. The Hall–Kier alpha value is -1.82. The lowest BCUT2D eigenvalue weighted by Gasteiger charge is -2.09. The molecule has 7 heteroatoms. The van der Waals surface area contributed by atoms with E-state index in [2.05, 4.69) is 4.74 Å². The first-order valence-corrected chi connectivity index (χ1v) is 5.53. The Morgan fingerprint density at radius 3 is 2.50 bits per heavy atom. The van der Waals surface area contributed by atoms with Crippen molar-refractivity contribution in [1.29, 1.82) is 0 Å². The topological polar surface area (TPSA) is 78.7 Å². The van der Waals surface area contributed by atoms with Gasteiger partial charge in [-0.1, -0.05) is 0 Å².